The van der Waals surface area contributed by atoms with Crippen LogP contribution >= 0.6 is 0 Å². The van der Waals surface area contributed by atoms with Gasteiger partial charge in [-0.2, -0.15) is 0 Å². The molecule has 0 radical (unpaired) electrons. The Morgan fingerprint density at radius 1 is 1.04 bits per heavy atom. The van der Waals surface area contributed by atoms with E-state index in [0.717, 1.165) is 25.9 Å². The molecule has 1 atom stereocenters. The fourth-order valence-electron chi connectivity index (χ4n) is 3.42. The molecule has 1 aromatic rings. The van der Waals surface area contributed by atoms with Gasteiger partial charge in [0.05, 0.1) is 13.1 Å². The maximum Gasteiger partial charge on any atom is 0.234 e. The van der Waals surface area contributed by atoms with Gasteiger partial charge in [0, 0.05) is 43.8 Å². The predicted molar refractivity (Wildman–Crippen MR) is 102 cm³/mol. The molecule has 1 aromatic carbocycles. The highest BCUT2D eigenvalue weighted by Gasteiger charge is 2.26. The number of carbonyl (C=O) groups excluding carboxylic acids is 2. The maximum absolute atomic E-state index is 13.7. The Hall–Kier alpha value is -2.06. The van der Waals surface area contributed by atoms with Crippen molar-refractivity contribution in [3.8, 4) is 0 Å². The standard InChI is InChI=1S/C20H28F2N4O2/c1-14(11-16-17(21)3-2-4-18(16)22)23-19(27)12-25-7-9-26(10-8-25)13-20(28)24-15-5-6-15/h2-4,14-15H,5-13H2,1H3,(H,23,27)(H,24,28). The van der Waals surface area contributed by atoms with Crippen molar-refractivity contribution in [2.24, 2.45) is 0 Å². The second-order valence-electron chi connectivity index (χ2n) is 7.77. The second-order valence-corrected chi connectivity index (χ2v) is 7.77. The summed E-state index contributed by atoms with van der Waals surface area (Å²) in [5, 5.41) is 5.79. The minimum atomic E-state index is -0.594. The average Bonchev–Trinajstić information content (AvgIpc) is 3.44. The largest absolute Gasteiger partial charge is 0.352 e. The number of benzene rings is 1. The van der Waals surface area contributed by atoms with Crippen LogP contribution in [0.3, 0.4) is 0 Å². The van der Waals surface area contributed by atoms with Crippen LogP contribution in [-0.4, -0.2) is 73.0 Å². The molecule has 28 heavy (non-hydrogen) atoms. The van der Waals surface area contributed by atoms with Crippen molar-refractivity contribution in [2.75, 3.05) is 39.3 Å². The summed E-state index contributed by atoms with van der Waals surface area (Å²) in [6, 6.07) is 3.77. The number of rotatable bonds is 8. The molecule has 2 N–H and O–H groups in total. The van der Waals surface area contributed by atoms with E-state index in [-0.39, 0.29) is 36.4 Å². The zero-order valence-corrected chi connectivity index (χ0v) is 16.2. The molecule has 8 heteroatoms. The predicted octanol–water partition coefficient (Wildman–Crippen LogP) is 0.908. The minimum absolute atomic E-state index is 0.00612. The van der Waals surface area contributed by atoms with Crippen molar-refractivity contribution in [1.82, 2.24) is 20.4 Å². The van der Waals surface area contributed by atoms with Crippen molar-refractivity contribution in [3.63, 3.8) is 0 Å². The molecule has 1 heterocycles. The Labute approximate surface area is 164 Å². The number of nitrogens with one attached hydrogen (secondary N) is 2. The number of carbonyl (C=O) groups is 2. The van der Waals surface area contributed by atoms with Gasteiger partial charge in [0.2, 0.25) is 11.8 Å². The van der Waals surface area contributed by atoms with Crippen molar-refractivity contribution < 1.29 is 18.4 Å². The van der Waals surface area contributed by atoms with Crippen LogP contribution in [0.25, 0.3) is 0 Å². The first kappa shape index (κ1) is 20.7. The number of nitrogens with zero attached hydrogens (tertiary/aromatic N) is 2. The molecule has 0 spiro atoms. The fraction of sp³-hybridized carbons (Fsp3) is 0.600. The SMILES string of the molecule is CC(Cc1c(F)cccc1F)NC(=O)CN1CCN(CC(=O)NC2CC2)CC1. The lowest BCUT2D eigenvalue weighted by molar-refractivity contribution is -0.125. The lowest BCUT2D eigenvalue weighted by atomic mass is 10.1. The van der Waals surface area contributed by atoms with Gasteiger partial charge in [-0.25, -0.2) is 8.78 Å². The molecule has 1 unspecified atom stereocenters. The summed E-state index contributed by atoms with van der Waals surface area (Å²) >= 11 is 0. The zero-order valence-electron chi connectivity index (χ0n) is 16.2. The van der Waals surface area contributed by atoms with Crippen molar-refractivity contribution >= 4 is 11.8 Å². The molecule has 3 rings (SSSR count). The van der Waals surface area contributed by atoms with E-state index in [9.17, 15) is 18.4 Å². The van der Waals surface area contributed by atoms with E-state index in [1.54, 1.807) is 6.92 Å². The number of hydrogen-bond donors (Lipinski definition) is 2. The van der Waals surface area contributed by atoms with Crippen LogP contribution in [0.4, 0.5) is 8.78 Å². The number of halogens is 2. The van der Waals surface area contributed by atoms with Crippen LogP contribution in [0.2, 0.25) is 0 Å². The van der Waals surface area contributed by atoms with E-state index < -0.39 is 11.6 Å². The maximum atomic E-state index is 13.7. The summed E-state index contributed by atoms with van der Waals surface area (Å²) in [6.45, 7) is 5.28. The number of amides is 2. The van der Waals surface area contributed by atoms with Crippen LogP contribution in [0.1, 0.15) is 25.3 Å². The molecule has 154 valence electrons. The van der Waals surface area contributed by atoms with Gasteiger partial charge < -0.3 is 10.6 Å². The Bertz CT molecular complexity index is 683. The second kappa shape index (κ2) is 9.43. The Kier molecular flexibility index (Phi) is 6.96. The molecule has 1 saturated heterocycles. The van der Waals surface area contributed by atoms with E-state index in [0.29, 0.717) is 25.7 Å². The first-order valence-corrected chi connectivity index (χ1v) is 9.87. The fourth-order valence-corrected chi connectivity index (χ4v) is 3.42. The van der Waals surface area contributed by atoms with Crippen LogP contribution in [-0.2, 0) is 16.0 Å². The molecule has 1 saturated carbocycles. The highest BCUT2D eigenvalue weighted by atomic mass is 19.1. The van der Waals surface area contributed by atoms with Gasteiger partial charge in [0.1, 0.15) is 11.6 Å². The average molecular weight is 394 g/mol. The Morgan fingerprint density at radius 3 is 2.11 bits per heavy atom. The summed E-state index contributed by atoms with van der Waals surface area (Å²) in [7, 11) is 0. The molecule has 6 nitrogen and oxygen atoms in total. The first-order chi connectivity index (χ1) is 13.4. The van der Waals surface area contributed by atoms with Gasteiger partial charge in [-0.15, -0.1) is 0 Å². The quantitative estimate of drug-likeness (QED) is 0.688. The summed E-state index contributed by atoms with van der Waals surface area (Å²) in [5.41, 5.74) is -0.00612. The van der Waals surface area contributed by atoms with Gasteiger partial charge in [-0.3, -0.25) is 19.4 Å². The van der Waals surface area contributed by atoms with Crippen molar-refractivity contribution in [2.45, 2.75) is 38.3 Å². The summed E-state index contributed by atoms with van der Waals surface area (Å²) in [6.07, 6.45) is 2.27. The van der Waals surface area contributed by atoms with E-state index in [1.807, 2.05) is 4.90 Å². The lowest BCUT2D eigenvalue weighted by Gasteiger charge is -2.34. The number of hydrogen-bond acceptors (Lipinski definition) is 4. The van der Waals surface area contributed by atoms with E-state index in [4.69, 9.17) is 0 Å². The Morgan fingerprint density at radius 2 is 1.57 bits per heavy atom. The van der Waals surface area contributed by atoms with Crippen LogP contribution in [0.5, 0.6) is 0 Å². The third-order valence-corrected chi connectivity index (χ3v) is 5.12. The van der Waals surface area contributed by atoms with Gasteiger partial charge in [-0.1, -0.05) is 6.07 Å². The normalized spacial score (nSPS) is 19.2. The molecule has 1 aliphatic carbocycles. The smallest absolute Gasteiger partial charge is 0.234 e. The zero-order chi connectivity index (χ0) is 20.1. The molecule has 0 aromatic heterocycles. The summed E-state index contributed by atoms with van der Waals surface area (Å²) in [4.78, 5) is 28.2. The van der Waals surface area contributed by atoms with Crippen LogP contribution in [0.15, 0.2) is 18.2 Å². The Balaban J connectivity index is 1.36. The molecule has 2 fully saturated rings. The molecule has 0 bridgehead atoms. The van der Waals surface area contributed by atoms with E-state index >= 15 is 0 Å². The summed E-state index contributed by atoms with van der Waals surface area (Å²) in [5.74, 6) is -1.28. The van der Waals surface area contributed by atoms with Gasteiger partial charge in [0.15, 0.2) is 0 Å². The van der Waals surface area contributed by atoms with E-state index in [2.05, 4.69) is 15.5 Å². The topological polar surface area (TPSA) is 64.7 Å². The highest BCUT2D eigenvalue weighted by Crippen LogP contribution is 2.18. The monoisotopic (exact) mass is 394 g/mol. The lowest BCUT2D eigenvalue weighted by Crippen LogP contribution is -2.52. The van der Waals surface area contributed by atoms with Crippen molar-refractivity contribution in [1.29, 1.82) is 0 Å². The van der Waals surface area contributed by atoms with Crippen molar-refractivity contribution in [3.05, 3.63) is 35.4 Å². The van der Waals surface area contributed by atoms with Crippen LogP contribution < -0.4 is 10.6 Å². The van der Waals surface area contributed by atoms with Gasteiger partial charge in [0.25, 0.3) is 0 Å². The third kappa shape index (κ3) is 6.24. The van der Waals surface area contributed by atoms with Gasteiger partial charge >= 0.3 is 0 Å². The van der Waals surface area contributed by atoms with Crippen LogP contribution in [0, 0.1) is 11.6 Å². The molecule has 1 aliphatic heterocycles. The molecule has 2 aliphatic rings. The van der Waals surface area contributed by atoms with Gasteiger partial charge in [-0.05, 0) is 38.3 Å². The first-order valence-electron chi connectivity index (χ1n) is 9.87. The summed E-state index contributed by atoms with van der Waals surface area (Å²) < 4.78 is 27.5. The molecule has 2 amide bonds. The van der Waals surface area contributed by atoms with E-state index in [1.165, 1.54) is 18.2 Å². The number of piperazine rings is 1. The molecular formula is C20H28F2N4O2. The highest BCUT2D eigenvalue weighted by molar-refractivity contribution is 5.79. The third-order valence-electron chi connectivity index (χ3n) is 5.12. The molecular weight excluding hydrogens is 366 g/mol. The minimum Gasteiger partial charge on any atom is -0.352 e.